The van der Waals surface area contributed by atoms with Crippen LogP contribution in [0.2, 0.25) is 0 Å². The number of carbonyl (C=O) groups excluding carboxylic acids is 1. The third kappa shape index (κ3) is 11.2. The summed E-state index contributed by atoms with van der Waals surface area (Å²) in [6.07, 6.45) is 0. The van der Waals surface area contributed by atoms with E-state index in [1.165, 1.54) is 0 Å². The number of hydrogen-bond donors (Lipinski definition) is 2. The Labute approximate surface area is 161 Å². The summed E-state index contributed by atoms with van der Waals surface area (Å²) in [6.45, 7) is 7.29. The lowest BCUT2D eigenvalue weighted by atomic mass is 10.2. The molecule has 0 radical (unpaired) electrons. The van der Waals surface area contributed by atoms with Crippen LogP contribution in [-0.4, -0.2) is 44.3 Å². The van der Waals surface area contributed by atoms with E-state index in [1.54, 1.807) is 7.05 Å². The van der Waals surface area contributed by atoms with Crippen LogP contribution in [0.5, 0.6) is 0 Å². The molecule has 0 aromatic heterocycles. The van der Waals surface area contributed by atoms with Gasteiger partial charge in [0.1, 0.15) is 12.1 Å². The molecule has 1 aromatic rings. The van der Waals surface area contributed by atoms with Gasteiger partial charge in [-0.3, -0.25) is 9.79 Å². The van der Waals surface area contributed by atoms with Crippen LogP contribution < -0.4 is 10.6 Å². The summed E-state index contributed by atoms with van der Waals surface area (Å²) in [5.74, 6) is 0.222. The number of aliphatic imine (C=N–C) groups is 1. The predicted octanol–water partition coefficient (Wildman–Crippen LogP) is 2.33. The second-order valence-electron chi connectivity index (χ2n) is 5.98. The molecule has 24 heavy (non-hydrogen) atoms. The van der Waals surface area contributed by atoms with Crippen molar-refractivity contribution in [2.75, 3.05) is 26.7 Å². The Kier molecular flexibility index (Phi) is 11.4. The number of nitrogens with zero attached hydrogens (tertiary/aromatic N) is 1. The SMILES string of the molecule is CN=C(NCCOCc1ccccc1)NCC(=O)OC(C)(C)C.I. The maximum atomic E-state index is 11.6. The molecular formula is C17H28IN3O3. The second-order valence-corrected chi connectivity index (χ2v) is 5.98. The number of hydrogen-bond acceptors (Lipinski definition) is 4. The van der Waals surface area contributed by atoms with E-state index in [1.807, 2.05) is 51.1 Å². The Balaban J connectivity index is 0.00000529. The Morgan fingerprint density at radius 1 is 1.17 bits per heavy atom. The highest BCUT2D eigenvalue weighted by molar-refractivity contribution is 14.0. The number of guanidine groups is 1. The van der Waals surface area contributed by atoms with Crippen molar-refractivity contribution in [3.63, 3.8) is 0 Å². The standard InChI is InChI=1S/C17H27N3O3.HI/c1-17(2,3)23-15(21)12-20-16(18-4)19-10-11-22-13-14-8-6-5-7-9-14;/h5-9H,10-13H2,1-4H3,(H2,18,19,20);1H. The zero-order chi connectivity index (χ0) is 17.1. The van der Waals surface area contributed by atoms with Gasteiger partial charge in [0.2, 0.25) is 0 Å². The van der Waals surface area contributed by atoms with Gasteiger partial charge in [0.05, 0.1) is 13.2 Å². The van der Waals surface area contributed by atoms with Gasteiger partial charge in [0.25, 0.3) is 0 Å². The molecule has 0 saturated carbocycles. The number of nitrogens with one attached hydrogen (secondary N) is 2. The molecule has 0 aliphatic carbocycles. The zero-order valence-corrected chi connectivity index (χ0v) is 17.1. The minimum atomic E-state index is -0.485. The van der Waals surface area contributed by atoms with Gasteiger partial charge in [-0.1, -0.05) is 30.3 Å². The van der Waals surface area contributed by atoms with Gasteiger partial charge in [0.15, 0.2) is 5.96 Å². The summed E-state index contributed by atoms with van der Waals surface area (Å²) < 4.78 is 10.8. The first-order valence-corrected chi connectivity index (χ1v) is 7.69. The lowest BCUT2D eigenvalue weighted by Crippen LogP contribution is -2.42. The molecule has 0 atom stereocenters. The maximum Gasteiger partial charge on any atom is 0.325 e. The summed E-state index contributed by atoms with van der Waals surface area (Å²) >= 11 is 0. The van der Waals surface area contributed by atoms with Crippen LogP contribution in [-0.2, 0) is 20.9 Å². The van der Waals surface area contributed by atoms with Crippen LogP contribution in [0.3, 0.4) is 0 Å². The fourth-order valence-corrected chi connectivity index (χ4v) is 1.76. The molecule has 0 bridgehead atoms. The van der Waals surface area contributed by atoms with Crippen molar-refractivity contribution in [3.8, 4) is 0 Å². The van der Waals surface area contributed by atoms with Crippen LogP contribution in [0, 0.1) is 0 Å². The molecule has 1 rings (SSSR count). The van der Waals surface area contributed by atoms with Crippen LogP contribution in [0.1, 0.15) is 26.3 Å². The van der Waals surface area contributed by atoms with Crippen molar-refractivity contribution < 1.29 is 14.3 Å². The zero-order valence-electron chi connectivity index (χ0n) is 14.8. The Morgan fingerprint density at radius 2 is 1.83 bits per heavy atom. The molecule has 0 aliphatic rings. The Morgan fingerprint density at radius 3 is 2.42 bits per heavy atom. The molecular weight excluding hydrogens is 421 g/mol. The summed E-state index contributed by atoms with van der Waals surface area (Å²) in [4.78, 5) is 15.7. The minimum absolute atomic E-state index is 0. The third-order valence-electron chi connectivity index (χ3n) is 2.69. The molecule has 0 spiro atoms. The van der Waals surface area contributed by atoms with Crippen LogP contribution in [0.25, 0.3) is 0 Å². The second kappa shape index (κ2) is 12.1. The summed E-state index contributed by atoms with van der Waals surface area (Å²) in [5.41, 5.74) is 0.654. The highest BCUT2D eigenvalue weighted by Gasteiger charge is 2.16. The number of benzene rings is 1. The normalized spacial score (nSPS) is 11.4. The van der Waals surface area contributed by atoms with E-state index in [4.69, 9.17) is 9.47 Å². The van der Waals surface area contributed by atoms with E-state index in [0.29, 0.717) is 25.7 Å². The molecule has 6 nitrogen and oxygen atoms in total. The fraction of sp³-hybridized carbons (Fsp3) is 0.529. The average molecular weight is 449 g/mol. The predicted molar refractivity (Wildman–Crippen MR) is 107 cm³/mol. The minimum Gasteiger partial charge on any atom is -0.459 e. The van der Waals surface area contributed by atoms with E-state index in [-0.39, 0.29) is 36.5 Å². The number of ether oxygens (including phenoxy) is 2. The van der Waals surface area contributed by atoms with Crippen LogP contribution in [0.15, 0.2) is 35.3 Å². The first-order chi connectivity index (χ1) is 10.9. The van der Waals surface area contributed by atoms with Crippen LogP contribution in [0.4, 0.5) is 0 Å². The molecule has 7 heteroatoms. The van der Waals surface area contributed by atoms with Gasteiger partial charge in [-0.2, -0.15) is 0 Å². The quantitative estimate of drug-likeness (QED) is 0.220. The van der Waals surface area contributed by atoms with Gasteiger partial charge in [-0.05, 0) is 26.3 Å². The summed E-state index contributed by atoms with van der Waals surface area (Å²) in [5, 5.41) is 5.99. The van der Waals surface area contributed by atoms with Gasteiger partial charge in [-0.15, -0.1) is 24.0 Å². The molecule has 0 fully saturated rings. The molecule has 0 aliphatic heterocycles. The van der Waals surface area contributed by atoms with Crippen molar-refractivity contribution in [1.29, 1.82) is 0 Å². The highest BCUT2D eigenvalue weighted by Crippen LogP contribution is 2.06. The highest BCUT2D eigenvalue weighted by atomic mass is 127. The lowest BCUT2D eigenvalue weighted by Gasteiger charge is -2.20. The van der Waals surface area contributed by atoms with E-state index >= 15 is 0 Å². The molecule has 0 saturated heterocycles. The van der Waals surface area contributed by atoms with Crippen molar-refractivity contribution in [3.05, 3.63) is 35.9 Å². The lowest BCUT2D eigenvalue weighted by molar-refractivity contribution is -0.153. The monoisotopic (exact) mass is 449 g/mol. The van der Waals surface area contributed by atoms with Crippen LogP contribution >= 0.6 is 24.0 Å². The van der Waals surface area contributed by atoms with E-state index < -0.39 is 5.60 Å². The van der Waals surface area contributed by atoms with Gasteiger partial charge >= 0.3 is 5.97 Å². The number of esters is 1. The number of rotatable bonds is 7. The van der Waals surface area contributed by atoms with Crippen molar-refractivity contribution in [2.45, 2.75) is 33.0 Å². The Bertz CT molecular complexity index is 502. The largest absolute Gasteiger partial charge is 0.459 e. The molecule has 136 valence electrons. The number of halogens is 1. The van der Waals surface area contributed by atoms with Crippen molar-refractivity contribution in [2.24, 2.45) is 4.99 Å². The molecule has 2 N–H and O–H groups in total. The van der Waals surface area contributed by atoms with Gasteiger partial charge < -0.3 is 20.1 Å². The smallest absolute Gasteiger partial charge is 0.325 e. The van der Waals surface area contributed by atoms with Crippen molar-refractivity contribution in [1.82, 2.24) is 10.6 Å². The first-order valence-electron chi connectivity index (χ1n) is 7.69. The third-order valence-corrected chi connectivity index (χ3v) is 2.69. The maximum absolute atomic E-state index is 11.6. The molecule has 0 unspecified atom stereocenters. The summed E-state index contributed by atoms with van der Waals surface area (Å²) in [6, 6.07) is 9.99. The first kappa shape index (κ1) is 22.6. The van der Waals surface area contributed by atoms with E-state index in [0.717, 1.165) is 5.56 Å². The van der Waals surface area contributed by atoms with E-state index in [2.05, 4.69) is 15.6 Å². The molecule has 0 amide bonds. The van der Waals surface area contributed by atoms with Gasteiger partial charge in [0, 0.05) is 13.6 Å². The Hall–Kier alpha value is -1.35. The molecule has 1 aromatic carbocycles. The molecule has 0 heterocycles. The summed E-state index contributed by atoms with van der Waals surface area (Å²) in [7, 11) is 1.65. The fourth-order valence-electron chi connectivity index (χ4n) is 1.76. The van der Waals surface area contributed by atoms with Crippen molar-refractivity contribution >= 4 is 35.9 Å². The van der Waals surface area contributed by atoms with Gasteiger partial charge in [-0.25, -0.2) is 0 Å². The van der Waals surface area contributed by atoms with E-state index in [9.17, 15) is 4.79 Å². The topological polar surface area (TPSA) is 72.0 Å². The average Bonchev–Trinajstić information content (AvgIpc) is 2.49. The number of carbonyl (C=O) groups is 1.